The van der Waals surface area contributed by atoms with E-state index in [1.165, 1.54) is 12.2 Å². The Morgan fingerprint density at radius 1 is 0.569 bits per heavy atom. The molecule has 2 aliphatic heterocycles. The summed E-state index contributed by atoms with van der Waals surface area (Å²) in [7, 11) is 1.54. The second kappa shape index (κ2) is 16.1. The smallest absolute Gasteiger partial charge is 0.343 e. The molecule has 51 heavy (non-hydrogen) atoms. The zero-order valence-corrected chi connectivity index (χ0v) is 27.8. The summed E-state index contributed by atoms with van der Waals surface area (Å²) >= 11 is 0. The van der Waals surface area contributed by atoms with Gasteiger partial charge in [0.15, 0.2) is 12.2 Å². The molecule has 6 rings (SSSR count). The van der Waals surface area contributed by atoms with Crippen LogP contribution in [-0.4, -0.2) is 68.6 Å². The maximum Gasteiger partial charge on any atom is 0.343 e. The highest BCUT2D eigenvalue weighted by molar-refractivity contribution is 5.92. The van der Waals surface area contributed by atoms with Crippen LogP contribution in [0.5, 0.6) is 17.2 Å². The molecular weight excluding hydrogens is 656 g/mol. The SMILES string of the molecule is COc1ccc(C(=O)Oc2ccc(/C=C/C(=O)O[C@@H]3CO[C@H]4[C@@H]3OC[C@@H]4OC(=O)/C=C/c3ccc(OC(=O)c4ccc(C)cc4)cc3)cc2)cc1. The minimum Gasteiger partial charge on any atom is -0.497 e. The van der Waals surface area contributed by atoms with Crippen LogP contribution in [0.15, 0.2) is 109 Å². The van der Waals surface area contributed by atoms with Crippen LogP contribution in [0.2, 0.25) is 0 Å². The van der Waals surface area contributed by atoms with E-state index in [1.807, 2.05) is 19.1 Å². The Hall–Kier alpha value is -6.04. The van der Waals surface area contributed by atoms with Gasteiger partial charge in [-0.1, -0.05) is 42.0 Å². The van der Waals surface area contributed by atoms with Gasteiger partial charge in [-0.15, -0.1) is 0 Å². The minimum atomic E-state index is -0.676. The van der Waals surface area contributed by atoms with E-state index in [9.17, 15) is 19.2 Å². The summed E-state index contributed by atoms with van der Waals surface area (Å²) in [6.07, 6.45) is 3.20. The Morgan fingerprint density at radius 3 is 1.37 bits per heavy atom. The largest absolute Gasteiger partial charge is 0.497 e. The van der Waals surface area contributed by atoms with Crippen molar-refractivity contribution in [1.29, 1.82) is 0 Å². The maximum atomic E-state index is 12.6. The Morgan fingerprint density at radius 2 is 0.961 bits per heavy atom. The topological polar surface area (TPSA) is 133 Å². The van der Waals surface area contributed by atoms with Gasteiger partial charge in [0, 0.05) is 12.2 Å². The number of methoxy groups -OCH3 is 1. The molecule has 0 spiro atoms. The van der Waals surface area contributed by atoms with Crippen molar-refractivity contribution in [2.75, 3.05) is 20.3 Å². The molecule has 11 nitrogen and oxygen atoms in total. The lowest BCUT2D eigenvalue weighted by atomic mass is 10.1. The molecule has 2 aliphatic rings. The highest BCUT2D eigenvalue weighted by Gasteiger charge is 2.51. The molecule has 2 fully saturated rings. The van der Waals surface area contributed by atoms with E-state index in [1.54, 1.807) is 104 Å². The molecular formula is C40H34O11. The fourth-order valence-electron chi connectivity index (χ4n) is 5.38. The monoisotopic (exact) mass is 690 g/mol. The molecule has 0 unspecified atom stereocenters. The molecule has 0 aromatic heterocycles. The van der Waals surface area contributed by atoms with Gasteiger partial charge < -0.3 is 33.2 Å². The lowest BCUT2D eigenvalue weighted by molar-refractivity contribution is -0.149. The van der Waals surface area contributed by atoms with Gasteiger partial charge in [-0.3, -0.25) is 0 Å². The van der Waals surface area contributed by atoms with Gasteiger partial charge >= 0.3 is 23.9 Å². The molecule has 11 heteroatoms. The van der Waals surface area contributed by atoms with E-state index in [-0.39, 0.29) is 13.2 Å². The van der Waals surface area contributed by atoms with Crippen molar-refractivity contribution >= 4 is 36.0 Å². The predicted molar refractivity (Wildman–Crippen MR) is 184 cm³/mol. The number of carbonyl (C=O) groups excluding carboxylic acids is 4. The highest BCUT2D eigenvalue weighted by Crippen LogP contribution is 2.31. The van der Waals surface area contributed by atoms with Crippen LogP contribution >= 0.6 is 0 Å². The van der Waals surface area contributed by atoms with Crippen molar-refractivity contribution in [3.63, 3.8) is 0 Å². The number of benzene rings is 4. The van der Waals surface area contributed by atoms with E-state index in [4.69, 9.17) is 33.2 Å². The zero-order valence-electron chi connectivity index (χ0n) is 27.8. The second-order valence-electron chi connectivity index (χ2n) is 11.7. The van der Waals surface area contributed by atoms with Crippen LogP contribution in [0.25, 0.3) is 12.2 Å². The Balaban J connectivity index is 0.931. The van der Waals surface area contributed by atoms with Gasteiger partial charge in [0.05, 0.1) is 31.5 Å². The van der Waals surface area contributed by atoms with E-state index in [0.29, 0.717) is 39.5 Å². The number of aryl methyl sites for hydroxylation is 1. The number of rotatable bonds is 11. The van der Waals surface area contributed by atoms with E-state index in [2.05, 4.69) is 0 Å². The second-order valence-corrected chi connectivity index (χ2v) is 11.7. The van der Waals surface area contributed by atoms with Crippen molar-refractivity contribution < 1.29 is 52.3 Å². The summed E-state index contributed by atoms with van der Waals surface area (Å²) in [5.41, 5.74) is 3.26. The standard InChI is InChI=1S/C40H34O11/c1-25-3-11-28(12-4-25)39(43)48-31-15-5-26(6-16-31)9-21-35(41)50-33-23-46-38-34(24-47-37(33)38)51-36(42)22-10-27-7-17-32(18-8-27)49-40(44)29-13-19-30(45-2)20-14-29/h3-22,33-34,37-38H,23-24H2,1-2H3/b21-9+,22-10+/t33-,34+,37+,38+/m0/s1. The molecule has 2 saturated heterocycles. The number of carbonyl (C=O) groups is 4. The Bertz CT molecular complexity index is 1910. The molecule has 0 N–H and O–H groups in total. The molecule has 4 aromatic rings. The number of fused-ring (bicyclic) bond motifs is 1. The summed E-state index contributed by atoms with van der Waals surface area (Å²) in [5.74, 6) is -0.799. The average Bonchev–Trinajstić information content (AvgIpc) is 3.74. The Labute approximate surface area is 293 Å². The lowest BCUT2D eigenvalue weighted by Crippen LogP contribution is -2.35. The average molecular weight is 691 g/mol. The first-order valence-electron chi connectivity index (χ1n) is 16.1. The fourth-order valence-corrected chi connectivity index (χ4v) is 5.38. The first-order valence-corrected chi connectivity index (χ1v) is 16.1. The van der Waals surface area contributed by atoms with Crippen LogP contribution < -0.4 is 14.2 Å². The zero-order chi connectivity index (χ0) is 35.7. The first-order chi connectivity index (χ1) is 24.7. The van der Waals surface area contributed by atoms with E-state index >= 15 is 0 Å². The van der Waals surface area contributed by atoms with Crippen LogP contribution in [0.3, 0.4) is 0 Å². The van der Waals surface area contributed by atoms with Crippen LogP contribution in [0.4, 0.5) is 0 Å². The maximum absolute atomic E-state index is 12.6. The molecule has 0 saturated carbocycles. The van der Waals surface area contributed by atoms with Crippen LogP contribution in [0.1, 0.15) is 37.4 Å². The van der Waals surface area contributed by atoms with Gasteiger partial charge in [-0.2, -0.15) is 0 Å². The molecule has 4 atom stereocenters. The van der Waals surface area contributed by atoms with Crippen LogP contribution in [0, 0.1) is 6.92 Å². The lowest BCUT2D eigenvalue weighted by Gasteiger charge is -2.16. The van der Waals surface area contributed by atoms with E-state index in [0.717, 1.165) is 5.56 Å². The van der Waals surface area contributed by atoms with Gasteiger partial charge in [0.1, 0.15) is 29.5 Å². The van der Waals surface area contributed by atoms with Gasteiger partial charge in [0.25, 0.3) is 0 Å². The number of hydrogen-bond donors (Lipinski definition) is 0. The summed E-state index contributed by atoms with van der Waals surface area (Å²) in [4.78, 5) is 49.9. The van der Waals surface area contributed by atoms with Crippen molar-refractivity contribution in [2.45, 2.75) is 31.3 Å². The third-order valence-electron chi connectivity index (χ3n) is 8.12. The van der Waals surface area contributed by atoms with Crippen LogP contribution in [-0.2, 0) is 28.5 Å². The molecule has 260 valence electrons. The molecule has 0 radical (unpaired) electrons. The normalized spacial score (nSPS) is 19.4. The van der Waals surface area contributed by atoms with Crippen molar-refractivity contribution in [3.05, 3.63) is 137 Å². The van der Waals surface area contributed by atoms with Gasteiger partial charge in [-0.05, 0) is 90.9 Å². The number of esters is 4. The summed E-state index contributed by atoms with van der Waals surface area (Å²) in [6, 6.07) is 27.0. The molecule has 0 bridgehead atoms. The number of ether oxygens (including phenoxy) is 7. The first kappa shape index (κ1) is 34.8. The summed E-state index contributed by atoms with van der Waals surface area (Å²) in [6.45, 7) is 2.12. The van der Waals surface area contributed by atoms with Crippen molar-refractivity contribution in [3.8, 4) is 17.2 Å². The quantitative estimate of drug-likeness (QED) is 0.108. The number of hydrogen-bond acceptors (Lipinski definition) is 11. The van der Waals surface area contributed by atoms with Gasteiger partial charge in [-0.25, -0.2) is 19.2 Å². The molecule has 2 heterocycles. The summed E-state index contributed by atoms with van der Waals surface area (Å²) in [5, 5.41) is 0. The molecule has 0 aliphatic carbocycles. The van der Waals surface area contributed by atoms with E-state index < -0.39 is 48.3 Å². The van der Waals surface area contributed by atoms with Gasteiger partial charge in [0.2, 0.25) is 0 Å². The summed E-state index contributed by atoms with van der Waals surface area (Å²) < 4.78 is 38.6. The minimum absolute atomic E-state index is 0.0912. The Kier molecular flexibility index (Phi) is 11.0. The van der Waals surface area contributed by atoms with Crippen molar-refractivity contribution in [1.82, 2.24) is 0 Å². The molecule has 4 aromatic carbocycles. The third kappa shape index (κ3) is 9.15. The highest BCUT2D eigenvalue weighted by atomic mass is 16.7. The third-order valence-corrected chi connectivity index (χ3v) is 8.12. The predicted octanol–water partition coefficient (Wildman–Crippen LogP) is 5.79. The van der Waals surface area contributed by atoms with Crippen molar-refractivity contribution in [2.24, 2.45) is 0 Å². The molecule has 0 amide bonds. The fraction of sp³-hybridized carbons (Fsp3) is 0.200.